The molecule has 0 saturated heterocycles. The fourth-order valence-electron chi connectivity index (χ4n) is 7.29. The van der Waals surface area contributed by atoms with Gasteiger partial charge in [0.05, 0.1) is 16.6 Å². The lowest BCUT2D eigenvalue weighted by Gasteiger charge is -2.10. The summed E-state index contributed by atoms with van der Waals surface area (Å²) in [6, 6.07) is 54.2. The Labute approximate surface area is 264 Å². The average molecular weight is 587 g/mol. The topological polar surface area (TPSA) is 31.0 Å². The van der Waals surface area contributed by atoms with Gasteiger partial charge in [-0.2, -0.15) is 0 Å². The van der Waals surface area contributed by atoms with Crippen LogP contribution in [0.15, 0.2) is 162 Å². The van der Waals surface area contributed by atoms with Gasteiger partial charge >= 0.3 is 0 Å². The summed E-state index contributed by atoms with van der Waals surface area (Å²) in [4.78, 5) is 4.79. The quantitative estimate of drug-likeness (QED) is 0.193. The minimum absolute atomic E-state index is 0.882. The monoisotopic (exact) mass is 586 g/mol. The van der Waals surface area contributed by atoms with E-state index >= 15 is 0 Å². The Kier molecular flexibility index (Phi) is 5.28. The van der Waals surface area contributed by atoms with Crippen molar-refractivity contribution in [1.82, 2.24) is 9.55 Å². The van der Waals surface area contributed by atoms with Crippen LogP contribution in [0.2, 0.25) is 0 Å². The first-order valence-electron chi connectivity index (χ1n) is 15.6. The molecule has 0 fully saturated rings. The first kappa shape index (κ1) is 25.2. The van der Waals surface area contributed by atoms with E-state index < -0.39 is 0 Å². The third-order valence-electron chi connectivity index (χ3n) is 9.42. The van der Waals surface area contributed by atoms with Crippen LogP contribution in [0.25, 0.3) is 93.4 Å². The molecule has 0 unspecified atom stereocenters. The van der Waals surface area contributed by atoms with E-state index in [9.17, 15) is 0 Å². The summed E-state index contributed by atoms with van der Waals surface area (Å²) in [6.45, 7) is 0. The van der Waals surface area contributed by atoms with Gasteiger partial charge in [-0.25, -0.2) is 0 Å². The highest BCUT2D eigenvalue weighted by atomic mass is 16.3. The number of hydrogen-bond acceptors (Lipinski definition) is 2. The van der Waals surface area contributed by atoms with Gasteiger partial charge < -0.3 is 8.98 Å². The number of rotatable bonds is 3. The van der Waals surface area contributed by atoms with Gasteiger partial charge in [0.15, 0.2) is 0 Å². The maximum Gasteiger partial charge on any atom is 0.135 e. The molecule has 0 saturated carbocycles. The smallest absolute Gasteiger partial charge is 0.135 e. The number of aromatic nitrogens is 2. The first-order valence-corrected chi connectivity index (χ1v) is 15.6. The van der Waals surface area contributed by atoms with E-state index in [1.54, 1.807) is 0 Å². The van der Waals surface area contributed by atoms with Gasteiger partial charge in [-0.05, 0) is 82.2 Å². The zero-order chi connectivity index (χ0) is 30.2. The predicted octanol–water partition coefficient (Wildman–Crippen LogP) is 11.7. The minimum Gasteiger partial charge on any atom is -0.456 e. The number of furan rings is 1. The molecule has 7 aromatic carbocycles. The highest BCUT2D eigenvalue weighted by molar-refractivity contribution is 6.15. The van der Waals surface area contributed by atoms with E-state index in [1.165, 1.54) is 49.3 Å². The Bertz CT molecular complexity index is 2800. The molecule has 0 aliphatic rings. The second-order valence-electron chi connectivity index (χ2n) is 12.0. The van der Waals surface area contributed by atoms with Crippen LogP contribution in [-0.4, -0.2) is 9.55 Å². The van der Waals surface area contributed by atoms with Crippen molar-refractivity contribution >= 4 is 65.4 Å². The molecule has 0 spiro atoms. The highest BCUT2D eigenvalue weighted by Crippen LogP contribution is 2.40. The van der Waals surface area contributed by atoms with Crippen LogP contribution in [0.5, 0.6) is 0 Å². The molecular weight excluding hydrogens is 560 g/mol. The van der Waals surface area contributed by atoms with Gasteiger partial charge in [0.2, 0.25) is 0 Å². The summed E-state index contributed by atoms with van der Waals surface area (Å²) in [5.41, 5.74) is 11.0. The van der Waals surface area contributed by atoms with Crippen molar-refractivity contribution in [3.8, 4) is 27.9 Å². The number of nitrogens with zero attached hydrogens (tertiary/aromatic N) is 2. The Morgan fingerprint density at radius 1 is 0.457 bits per heavy atom. The van der Waals surface area contributed by atoms with E-state index in [-0.39, 0.29) is 0 Å². The Balaban J connectivity index is 1.19. The van der Waals surface area contributed by atoms with E-state index in [0.29, 0.717) is 0 Å². The molecule has 0 N–H and O–H groups in total. The lowest BCUT2D eigenvalue weighted by atomic mass is 9.95. The van der Waals surface area contributed by atoms with Crippen LogP contribution in [0, 0.1) is 0 Å². The zero-order valence-electron chi connectivity index (χ0n) is 24.8. The molecular formula is C43H26N2O. The summed E-state index contributed by atoms with van der Waals surface area (Å²) < 4.78 is 8.77. The van der Waals surface area contributed by atoms with Crippen LogP contribution in [0.4, 0.5) is 0 Å². The van der Waals surface area contributed by atoms with Crippen molar-refractivity contribution < 1.29 is 4.42 Å². The highest BCUT2D eigenvalue weighted by Gasteiger charge is 2.16. The molecule has 214 valence electrons. The van der Waals surface area contributed by atoms with Crippen LogP contribution in [0.1, 0.15) is 0 Å². The second kappa shape index (κ2) is 9.65. The molecule has 0 amide bonds. The summed E-state index contributed by atoms with van der Waals surface area (Å²) in [7, 11) is 0. The zero-order valence-corrected chi connectivity index (χ0v) is 24.8. The van der Waals surface area contributed by atoms with Gasteiger partial charge in [0, 0.05) is 44.2 Å². The van der Waals surface area contributed by atoms with Gasteiger partial charge in [0.1, 0.15) is 11.2 Å². The summed E-state index contributed by atoms with van der Waals surface area (Å²) >= 11 is 0. The molecule has 0 aliphatic carbocycles. The SMILES string of the molecule is c1ccc(-c2ccc3c(c2)c2ccccc2n3-c2ccc3oc4ccc(-c5cccc6ccc7cccnc7c56)cc4c3c2)cc1. The Hall–Kier alpha value is -6.19. The number of pyridine rings is 1. The van der Waals surface area contributed by atoms with E-state index in [0.717, 1.165) is 44.1 Å². The summed E-state index contributed by atoms with van der Waals surface area (Å²) in [5.74, 6) is 0. The van der Waals surface area contributed by atoms with Crippen molar-refractivity contribution in [1.29, 1.82) is 0 Å². The third kappa shape index (κ3) is 3.69. The predicted molar refractivity (Wildman–Crippen MR) is 192 cm³/mol. The van der Waals surface area contributed by atoms with Crippen LogP contribution >= 0.6 is 0 Å². The van der Waals surface area contributed by atoms with Crippen molar-refractivity contribution in [2.45, 2.75) is 0 Å². The lowest BCUT2D eigenvalue weighted by Crippen LogP contribution is -1.93. The molecule has 0 radical (unpaired) electrons. The van der Waals surface area contributed by atoms with Crippen molar-refractivity contribution in [2.24, 2.45) is 0 Å². The molecule has 3 heteroatoms. The summed E-state index contributed by atoms with van der Waals surface area (Å²) in [6.07, 6.45) is 1.88. The summed E-state index contributed by atoms with van der Waals surface area (Å²) in [5, 5.41) is 8.19. The largest absolute Gasteiger partial charge is 0.456 e. The van der Waals surface area contributed by atoms with Crippen LogP contribution in [-0.2, 0) is 0 Å². The molecule has 3 nitrogen and oxygen atoms in total. The van der Waals surface area contributed by atoms with E-state index in [2.05, 4.69) is 150 Å². The van der Waals surface area contributed by atoms with Gasteiger partial charge in [-0.15, -0.1) is 0 Å². The number of para-hydroxylation sites is 1. The Morgan fingerprint density at radius 2 is 1.20 bits per heavy atom. The van der Waals surface area contributed by atoms with E-state index in [1.807, 2.05) is 12.3 Å². The number of hydrogen-bond donors (Lipinski definition) is 0. The van der Waals surface area contributed by atoms with E-state index in [4.69, 9.17) is 9.40 Å². The first-order chi connectivity index (χ1) is 22.8. The van der Waals surface area contributed by atoms with Crippen LogP contribution in [0.3, 0.4) is 0 Å². The van der Waals surface area contributed by atoms with Crippen molar-refractivity contribution in [2.75, 3.05) is 0 Å². The van der Waals surface area contributed by atoms with Crippen molar-refractivity contribution in [3.05, 3.63) is 158 Å². The number of fused-ring (bicyclic) bond motifs is 9. The van der Waals surface area contributed by atoms with Gasteiger partial charge in [0.25, 0.3) is 0 Å². The lowest BCUT2D eigenvalue weighted by molar-refractivity contribution is 0.669. The molecule has 3 aromatic heterocycles. The Morgan fingerprint density at radius 3 is 2.13 bits per heavy atom. The average Bonchev–Trinajstić information content (AvgIpc) is 3.66. The third-order valence-corrected chi connectivity index (χ3v) is 9.42. The molecule has 10 rings (SSSR count). The maximum absolute atomic E-state index is 6.39. The molecule has 0 atom stereocenters. The molecule has 0 bridgehead atoms. The van der Waals surface area contributed by atoms with Gasteiger partial charge in [-0.1, -0.05) is 97.1 Å². The second-order valence-corrected chi connectivity index (χ2v) is 12.0. The van der Waals surface area contributed by atoms with Crippen LogP contribution < -0.4 is 0 Å². The molecule has 46 heavy (non-hydrogen) atoms. The minimum atomic E-state index is 0.882. The molecule has 0 aliphatic heterocycles. The maximum atomic E-state index is 6.39. The number of benzene rings is 7. The fraction of sp³-hybridized carbons (Fsp3) is 0. The van der Waals surface area contributed by atoms with Gasteiger partial charge in [-0.3, -0.25) is 4.98 Å². The standard InChI is InChI=1S/C43H26N2O/c1-2-8-27(9-3-1)30-17-20-39-35(24-30)34-12-4-5-14-38(34)45(39)32-19-22-41-37(26-32)36-25-31(18-21-40(36)46-41)33-13-6-10-28-15-16-29-11-7-23-44-43(29)42(28)33/h1-26H. The molecule has 10 aromatic rings. The van der Waals surface area contributed by atoms with Crippen molar-refractivity contribution in [3.63, 3.8) is 0 Å². The fourth-order valence-corrected chi connectivity index (χ4v) is 7.29. The molecule has 3 heterocycles. The normalized spacial score (nSPS) is 11.9.